The molecule has 28 heavy (non-hydrogen) atoms. The molecule has 1 fully saturated rings. The molecule has 1 atom stereocenters. The Kier molecular flexibility index (Phi) is 5.20. The van der Waals surface area contributed by atoms with Gasteiger partial charge in [0, 0.05) is 37.7 Å². The molecule has 4 rings (SSSR count). The lowest BCUT2D eigenvalue weighted by Crippen LogP contribution is -2.39. The molecule has 1 amide bonds. The van der Waals surface area contributed by atoms with Gasteiger partial charge in [-0.15, -0.1) is 0 Å². The maximum atomic E-state index is 12.9. The van der Waals surface area contributed by atoms with Gasteiger partial charge in [-0.05, 0) is 57.7 Å². The Morgan fingerprint density at radius 1 is 1.29 bits per heavy atom. The van der Waals surface area contributed by atoms with Crippen LogP contribution in [0.5, 0.6) is 0 Å². The van der Waals surface area contributed by atoms with E-state index in [1.54, 1.807) is 0 Å². The van der Waals surface area contributed by atoms with Crippen LogP contribution in [0.1, 0.15) is 54.9 Å². The first kappa shape index (κ1) is 18.7. The van der Waals surface area contributed by atoms with Gasteiger partial charge in [0.25, 0.3) is 0 Å². The van der Waals surface area contributed by atoms with Crippen LogP contribution in [0.2, 0.25) is 0 Å². The third-order valence-electron chi connectivity index (χ3n) is 5.99. The van der Waals surface area contributed by atoms with E-state index in [0.717, 1.165) is 61.4 Å². The van der Waals surface area contributed by atoms with Crippen molar-refractivity contribution in [2.45, 2.75) is 58.9 Å². The van der Waals surface area contributed by atoms with Crippen LogP contribution in [-0.4, -0.2) is 43.6 Å². The highest BCUT2D eigenvalue weighted by Crippen LogP contribution is 2.27. The van der Waals surface area contributed by atoms with E-state index in [1.807, 2.05) is 34.7 Å². The second-order valence-corrected chi connectivity index (χ2v) is 7.78. The molecule has 3 aromatic rings. The molecular formula is C22H29N5O. The number of nitrogens with one attached hydrogen (secondary N) is 1. The van der Waals surface area contributed by atoms with Crippen molar-refractivity contribution in [1.82, 2.24) is 24.6 Å². The minimum atomic E-state index is 0.240. The monoisotopic (exact) mass is 379 g/mol. The normalized spacial score (nSPS) is 17.4. The molecule has 148 valence electrons. The van der Waals surface area contributed by atoms with Crippen molar-refractivity contribution in [2.24, 2.45) is 0 Å². The Hall–Kier alpha value is -2.63. The molecule has 0 spiro atoms. The van der Waals surface area contributed by atoms with E-state index >= 15 is 0 Å². The largest absolute Gasteiger partial charge is 0.342 e. The molecular weight excluding hydrogens is 350 g/mol. The van der Waals surface area contributed by atoms with E-state index in [2.05, 4.69) is 30.0 Å². The molecule has 1 unspecified atom stereocenters. The van der Waals surface area contributed by atoms with Crippen molar-refractivity contribution in [1.29, 1.82) is 0 Å². The van der Waals surface area contributed by atoms with Gasteiger partial charge in [0.1, 0.15) is 5.82 Å². The Morgan fingerprint density at radius 3 is 2.86 bits per heavy atom. The number of aromatic nitrogens is 4. The van der Waals surface area contributed by atoms with E-state index in [4.69, 9.17) is 4.98 Å². The summed E-state index contributed by atoms with van der Waals surface area (Å²) in [7, 11) is 0. The quantitative estimate of drug-likeness (QED) is 0.734. The molecule has 1 aliphatic rings. The van der Waals surface area contributed by atoms with Gasteiger partial charge in [0.15, 0.2) is 0 Å². The van der Waals surface area contributed by atoms with Crippen LogP contribution in [0, 0.1) is 13.8 Å². The van der Waals surface area contributed by atoms with Gasteiger partial charge in [-0.1, -0.05) is 12.1 Å². The van der Waals surface area contributed by atoms with Crippen LogP contribution in [0.4, 0.5) is 0 Å². The molecule has 6 heteroatoms. The predicted octanol–water partition coefficient (Wildman–Crippen LogP) is 3.73. The lowest BCUT2D eigenvalue weighted by Gasteiger charge is -2.32. The van der Waals surface area contributed by atoms with Gasteiger partial charge in [0.05, 0.1) is 16.7 Å². The summed E-state index contributed by atoms with van der Waals surface area (Å²) >= 11 is 0. The fourth-order valence-electron chi connectivity index (χ4n) is 4.39. The second kappa shape index (κ2) is 7.78. The summed E-state index contributed by atoms with van der Waals surface area (Å²) in [4.78, 5) is 23.1. The molecule has 1 N–H and O–H groups in total. The number of piperidine rings is 1. The molecule has 2 aromatic heterocycles. The Balaban J connectivity index is 1.41. The molecule has 0 saturated carbocycles. The number of para-hydroxylation sites is 2. The molecule has 1 aromatic carbocycles. The zero-order chi connectivity index (χ0) is 19.7. The molecule has 0 radical (unpaired) electrons. The summed E-state index contributed by atoms with van der Waals surface area (Å²) in [5.74, 6) is 1.54. The van der Waals surface area contributed by atoms with Crippen molar-refractivity contribution in [2.75, 3.05) is 13.1 Å². The number of aryl methyl sites for hydroxylation is 2. The smallest absolute Gasteiger partial charge is 0.222 e. The maximum absolute atomic E-state index is 12.9. The van der Waals surface area contributed by atoms with Crippen LogP contribution in [0.25, 0.3) is 11.0 Å². The van der Waals surface area contributed by atoms with Crippen LogP contribution < -0.4 is 0 Å². The summed E-state index contributed by atoms with van der Waals surface area (Å²) in [6.45, 7) is 8.71. The van der Waals surface area contributed by atoms with E-state index in [0.29, 0.717) is 6.42 Å². The zero-order valence-corrected chi connectivity index (χ0v) is 17.0. The van der Waals surface area contributed by atoms with Crippen molar-refractivity contribution in [3.63, 3.8) is 0 Å². The van der Waals surface area contributed by atoms with Gasteiger partial charge in [-0.25, -0.2) is 4.98 Å². The fourth-order valence-corrected chi connectivity index (χ4v) is 4.39. The average molecular weight is 380 g/mol. The summed E-state index contributed by atoms with van der Waals surface area (Å²) in [6, 6.07) is 8.11. The average Bonchev–Trinajstić information content (AvgIpc) is 3.27. The minimum absolute atomic E-state index is 0.240. The predicted molar refractivity (Wildman–Crippen MR) is 110 cm³/mol. The standard InChI is InChI=1S/C22H29N5O/c1-4-27-16(3)18(15(2)25-27)11-12-21(28)26-13-7-8-17(14-26)22-23-19-9-5-6-10-20(19)24-22/h5-6,9-10,17H,4,7-8,11-14H2,1-3H3,(H,23,24). The van der Waals surface area contributed by atoms with Gasteiger partial charge >= 0.3 is 0 Å². The van der Waals surface area contributed by atoms with Gasteiger partial charge in [-0.2, -0.15) is 5.10 Å². The highest BCUT2D eigenvalue weighted by atomic mass is 16.2. The lowest BCUT2D eigenvalue weighted by molar-refractivity contribution is -0.132. The van der Waals surface area contributed by atoms with Crippen molar-refractivity contribution in [3.05, 3.63) is 47.0 Å². The molecule has 1 saturated heterocycles. The number of fused-ring (bicyclic) bond motifs is 1. The Bertz CT molecular complexity index is 953. The SMILES string of the molecule is CCn1nc(C)c(CCC(=O)N2CCCC(c3nc4ccccc4[nH]3)C2)c1C. The van der Waals surface area contributed by atoms with Gasteiger partial charge < -0.3 is 9.88 Å². The summed E-state index contributed by atoms with van der Waals surface area (Å²) in [5.41, 5.74) is 5.53. The van der Waals surface area contributed by atoms with E-state index in [1.165, 1.54) is 11.3 Å². The van der Waals surface area contributed by atoms with Crippen molar-refractivity contribution in [3.8, 4) is 0 Å². The van der Waals surface area contributed by atoms with E-state index < -0.39 is 0 Å². The number of aromatic amines is 1. The van der Waals surface area contributed by atoms with E-state index in [9.17, 15) is 4.79 Å². The highest BCUT2D eigenvalue weighted by Gasteiger charge is 2.27. The Labute approximate surface area is 166 Å². The molecule has 0 aliphatic carbocycles. The first-order valence-electron chi connectivity index (χ1n) is 10.3. The third kappa shape index (κ3) is 3.55. The van der Waals surface area contributed by atoms with Crippen molar-refractivity contribution >= 4 is 16.9 Å². The molecule has 0 bridgehead atoms. The van der Waals surface area contributed by atoms with Crippen molar-refractivity contribution < 1.29 is 4.79 Å². The number of carbonyl (C=O) groups is 1. The lowest BCUT2D eigenvalue weighted by atomic mass is 9.96. The number of carbonyl (C=O) groups excluding carboxylic acids is 1. The van der Waals surface area contributed by atoms with Gasteiger partial charge in [0.2, 0.25) is 5.91 Å². The first-order chi connectivity index (χ1) is 13.6. The topological polar surface area (TPSA) is 66.8 Å². The molecule has 6 nitrogen and oxygen atoms in total. The number of hydrogen-bond acceptors (Lipinski definition) is 3. The van der Waals surface area contributed by atoms with Crippen LogP contribution in [-0.2, 0) is 17.8 Å². The number of nitrogens with zero attached hydrogens (tertiary/aromatic N) is 4. The number of benzene rings is 1. The van der Waals surface area contributed by atoms with Crippen LogP contribution in [0.15, 0.2) is 24.3 Å². The molecule has 3 heterocycles. The maximum Gasteiger partial charge on any atom is 0.222 e. The number of hydrogen-bond donors (Lipinski definition) is 1. The summed E-state index contributed by atoms with van der Waals surface area (Å²) in [5, 5.41) is 4.57. The number of amides is 1. The third-order valence-corrected chi connectivity index (χ3v) is 5.99. The summed E-state index contributed by atoms with van der Waals surface area (Å²) in [6.07, 6.45) is 3.41. The van der Waals surface area contributed by atoms with Gasteiger partial charge in [-0.3, -0.25) is 9.48 Å². The first-order valence-corrected chi connectivity index (χ1v) is 10.3. The minimum Gasteiger partial charge on any atom is -0.342 e. The molecule has 1 aliphatic heterocycles. The number of H-pyrrole nitrogens is 1. The summed E-state index contributed by atoms with van der Waals surface area (Å²) < 4.78 is 2.02. The second-order valence-electron chi connectivity index (χ2n) is 7.78. The zero-order valence-electron chi connectivity index (χ0n) is 17.0. The highest BCUT2D eigenvalue weighted by molar-refractivity contribution is 5.77. The van der Waals surface area contributed by atoms with Crippen LogP contribution in [0.3, 0.4) is 0 Å². The fraction of sp³-hybridized carbons (Fsp3) is 0.500. The number of rotatable bonds is 5. The number of imidazole rings is 1. The Morgan fingerprint density at radius 2 is 2.11 bits per heavy atom. The van der Waals surface area contributed by atoms with E-state index in [-0.39, 0.29) is 11.8 Å². The van der Waals surface area contributed by atoms with Crippen LogP contribution >= 0.6 is 0 Å². The number of likely N-dealkylation sites (tertiary alicyclic amines) is 1.